The standard InChI is InChI=1S/C10H21N.3C9H19N.2C8H17N.C7H15NO.2C7H15N.C6H13NO.CH4/c1-8(2)11-10(3,4)9-6-5-7-9;2*1-8(2)10-7-9(3)5-4-6-9;1-7(2)10-8(3)9-5-4-6-9;2*1-7(2)9-6-8-4-3-5-8;1-6(2)8-7(3)4-9-5-7;2*1-6(2)8-7-4-3-5-7;1-5(2)7-6-3-8-4-6;/h8-9,11H,5-7H2,1-4H3;2*8,10H,4-7H2,1-3H3;7-10H,4-6H2,1-3H3;2*7-9H,3-6H2,1-2H3;6,8H,4-5H2,1-3H3;2*6-8H,3-5H2,1-2H3;5-7H,3-4H2,1-2H3;1H4. The minimum absolute atomic E-state index is 0. The lowest BCUT2D eigenvalue weighted by Gasteiger charge is -2.42. The first kappa shape index (κ1) is 92.5. The molecule has 1 atom stereocenters. The molecule has 0 bridgehead atoms. The van der Waals surface area contributed by atoms with E-state index in [-0.39, 0.29) is 13.0 Å². The van der Waals surface area contributed by atoms with Gasteiger partial charge in [0.1, 0.15) is 0 Å². The highest BCUT2D eigenvalue weighted by atomic mass is 16.5. The summed E-state index contributed by atoms with van der Waals surface area (Å²) in [5.41, 5.74) is 1.93. The van der Waals surface area contributed by atoms with Crippen LogP contribution in [0.15, 0.2) is 0 Å². The zero-order valence-electron chi connectivity index (χ0n) is 66.8. The molecule has 8 saturated carbocycles. The fourth-order valence-corrected chi connectivity index (χ4v) is 12.7. The maximum Gasteiger partial charge on any atom is 0.0669 e. The molecule has 93 heavy (non-hydrogen) atoms. The summed E-state index contributed by atoms with van der Waals surface area (Å²) in [5.74, 6) is 3.91. The molecule has 0 amide bonds. The predicted molar refractivity (Wildman–Crippen MR) is 415 cm³/mol. The predicted octanol–water partition coefficient (Wildman–Crippen LogP) is 17.5. The van der Waals surface area contributed by atoms with Gasteiger partial charge in [0, 0.05) is 97.2 Å². The molecule has 10 rings (SSSR count). The molecule has 12 nitrogen and oxygen atoms in total. The minimum Gasteiger partial charge on any atom is -0.378 e. The third-order valence-electron chi connectivity index (χ3n) is 20.3. The van der Waals surface area contributed by atoms with E-state index in [1.165, 1.54) is 180 Å². The third-order valence-corrected chi connectivity index (χ3v) is 20.3. The summed E-state index contributed by atoms with van der Waals surface area (Å²) < 4.78 is 10.0. The Morgan fingerprint density at radius 3 is 0.892 bits per heavy atom. The van der Waals surface area contributed by atoms with Gasteiger partial charge in [-0.2, -0.15) is 0 Å². The molecule has 2 heterocycles. The molecule has 2 aliphatic heterocycles. The Balaban J connectivity index is 0.00000101. The average Bonchev–Trinajstić information content (AvgIpc) is 0.870. The first-order valence-corrected chi connectivity index (χ1v) is 39.7. The van der Waals surface area contributed by atoms with Gasteiger partial charge in [-0.1, -0.05) is 211 Å². The molecule has 0 spiro atoms. The van der Waals surface area contributed by atoms with E-state index in [0.717, 1.165) is 68.2 Å². The summed E-state index contributed by atoms with van der Waals surface area (Å²) in [4.78, 5) is 0. The van der Waals surface area contributed by atoms with Crippen LogP contribution >= 0.6 is 0 Å². The van der Waals surface area contributed by atoms with Crippen LogP contribution in [0, 0.1) is 34.5 Å². The quantitative estimate of drug-likeness (QED) is 0.0404. The minimum atomic E-state index is 0. The van der Waals surface area contributed by atoms with Crippen LogP contribution in [0.1, 0.15) is 342 Å². The van der Waals surface area contributed by atoms with Crippen LogP contribution in [0.2, 0.25) is 0 Å². The van der Waals surface area contributed by atoms with Crippen LogP contribution in [-0.4, -0.2) is 148 Å². The monoisotopic (exact) mass is 1320 g/mol. The van der Waals surface area contributed by atoms with Gasteiger partial charge in [0.2, 0.25) is 0 Å². The van der Waals surface area contributed by atoms with Crippen molar-refractivity contribution < 1.29 is 9.47 Å². The lowest BCUT2D eigenvalue weighted by molar-refractivity contribution is -0.0676. The third kappa shape index (κ3) is 48.1. The summed E-state index contributed by atoms with van der Waals surface area (Å²) in [6, 6.07) is 9.53. The molecule has 10 aliphatic rings. The number of hydrogen-bond acceptors (Lipinski definition) is 12. The molecule has 12 heteroatoms. The topological polar surface area (TPSA) is 139 Å². The maximum atomic E-state index is 5.08. The maximum absolute atomic E-state index is 5.08. The van der Waals surface area contributed by atoms with Gasteiger partial charge in [0.05, 0.1) is 38.0 Å². The van der Waals surface area contributed by atoms with Crippen molar-refractivity contribution in [1.29, 1.82) is 0 Å². The molecule has 10 N–H and O–H groups in total. The highest BCUT2D eigenvalue weighted by molar-refractivity contribution is 4.93. The lowest BCUT2D eigenvalue weighted by atomic mass is 9.70. The number of nitrogens with one attached hydrogen (secondary N) is 10. The van der Waals surface area contributed by atoms with Crippen molar-refractivity contribution in [2.75, 3.05) is 52.6 Å². The van der Waals surface area contributed by atoms with Gasteiger partial charge in [0.25, 0.3) is 0 Å². The van der Waals surface area contributed by atoms with Crippen LogP contribution in [0.25, 0.3) is 0 Å². The van der Waals surface area contributed by atoms with E-state index in [9.17, 15) is 0 Å². The second-order valence-corrected chi connectivity index (χ2v) is 35.4. The van der Waals surface area contributed by atoms with E-state index in [1.54, 1.807) is 0 Å². The highest BCUT2D eigenvalue weighted by Gasteiger charge is 2.35. The zero-order valence-corrected chi connectivity index (χ0v) is 66.8. The Bertz CT molecular complexity index is 1580. The molecule has 0 radical (unpaired) electrons. The van der Waals surface area contributed by atoms with E-state index in [1.807, 2.05) is 0 Å². The fourth-order valence-electron chi connectivity index (χ4n) is 12.7. The van der Waals surface area contributed by atoms with Crippen molar-refractivity contribution in [3.05, 3.63) is 0 Å². The molecular weight excluding hydrogens is 1140 g/mol. The van der Waals surface area contributed by atoms with E-state index < -0.39 is 0 Å². The first-order chi connectivity index (χ1) is 43.0. The Labute approximate surface area is 584 Å². The van der Waals surface area contributed by atoms with Gasteiger partial charge in [0.15, 0.2) is 0 Å². The summed E-state index contributed by atoms with van der Waals surface area (Å²) in [5, 5.41) is 34.8. The van der Waals surface area contributed by atoms with Crippen molar-refractivity contribution >= 4 is 0 Å². The van der Waals surface area contributed by atoms with Gasteiger partial charge in [-0.3, -0.25) is 0 Å². The Morgan fingerprint density at radius 2 is 0.731 bits per heavy atom. The molecule has 1 unspecified atom stereocenters. The van der Waals surface area contributed by atoms with Crippen molar-refractivity contribution in [3.8, 4) is 0 Å². The van der Waals surface area contributed by atoms with E-state index in [2.05, 4.69) is 233 Å². The van der Waals surface area contributed by atoms with Crippen LogP contribution in [0.5, 0.6) is 0 Å². The van der Waals surface area contributed by atoms with Crippen LogP contribution in [-0.2, 0) is 9.47 Å². The molecule has 560 valence electrons. The van der Waals surface area contributed by atoms with Gasteiger partial charge < -0.3 is 62.6 Å². The van der Waals surface area contributed by atoms with Crippen molar-refractivity contribution in [1.82, 2.24) is 53.2 Å². The SMILES string of the molecule is C.CC(C)NC(C)(C)C1CCC1.CC(C)NC(C)C1CCC1.CC(C)NC1(C)COC1.CC(C)NC1CCC1.CC(C)NC1CCC1.CC(C)NC1COC1.CC(C)NCC1(C)CCC1.CC(C)NCC1(C)CCC1.CC(C)NCC1CCC1.CC(C)NCC1CCC1. The molecule has 0 aromatic carbocycles. The van der Waals surface area contributed by atoms with Crippen molar-refractivity contribution in [2.45, 2.75) is 437 Å². The van der Waals surface area contributed by atoms with Gasteiger partial charge in [-0.15, -0.1) is 0 Å². The molecular formula is C81H174N10O2. The van der Waals surface area contributed by atoms with E-state index in [4.69, 9.17) is 9.47 Å². The molecule has 2 saturated heterocycles. The van der Waals surface area contributed by atoms with Crippen molar-refractivity contribution in [3.63, 3.8) is 0 Å². The molecule has 0 aromatic rings. The van der Waals surface area contributed by atoms with E-state index in [0.29, 0.717) is 82.8 Å². The van der Waals surface area contributed by atoms with Crippen LogP contribution in [0.3, 0.4) is 0 Å². The fraction of sp³-hybridized carbons (Fsp3) is 1.00. The Hall–Kier alpha value is -0.480. The van der Waals surface area contributed by atoms with Gasteiger partial charge in [-0.25, -0.2) is 0 Å². The van der Waals surface area contributed by atoms with E-state index >= 15 is 0 Å². The molecule has 0 aromatic heterocycles. The second-order valence-electron chi connectivity index (χ2n) is 35.4. The van der Waals surface area contributed by atoms with Gasteiger partial charge in [-0.05, 0) is 178 Å². The highest BCUT2D eigenvalue weighted by Crippen LogP contribution is 2.40. The second kappa shape index (κ2) is 50.8. The Morgan fingerprint density at radius 1 is 0.376 bits per heavy atom. The number of ether oxygens (including phenoxy) is 2. The first-order valence-electron chi connectivity index (χ1n) is 39.7. The number of hydrogen-bond donors (Lipinski definition) is 10. The molecule has 10 fully saturated rings. The Kier molecular flexibility index (Phi) is 50.5. The summed E-state index contributed by atoms with van der Waals surface area (Å²) in [6.45, 7) is 66.4. The van der Waals surface area contributed by atoms with Crippen LogP contribution < -0.4 is 53.2 Å². The summed E-state index contributed by atoms with van der Waals surface area (Å²) in [6.07, 6.45) is 34.4. The molecule has 8 aliphatic carbocycles. The largest absolute Gasteiger partial charge is 0.378 e. The summed E-state index contributed by atoms with van der Waals surface area (Å²) >= 11 is 0. The van der Waals surface area contributed by atoms with Gasteiger partial charge >= 0.3 is 0 Å². The smallest absolute Gasteiger partial charge is 0.0669 e. The normalized spacial score (nSPS) is 21.5. The van der Waals surface area contributed by atoms with Crippen LogP contribution in [0.4, 0.5) is 0 Å². The summed E-state index contributed by atoms with van der Waals surface area (Å²) in [7, 11) is 0. The van der Waals surface area contributed by atoms with Crippen molar-refractivity contribution in [2.24, 2.45) is 34.5 Å². The number of rotatable bonds is 26. The average molecular weight is 1320 g/mol. The zero-order chi connectivity index (χ0) is 69.5. The lowest BCUT2D eigenvalue weighted by Crippen LogP contribution is -2.60.